The van der Waals surface area contributed by atoms with Crippen LogP contribution in [0.1, 0.15) is 107 Å². The molecule has 2 aromatic heterocycles. The molecule has 4 aromatic rings. The molecule has 384 valence electrons. The van der Waals surface area contributed by atoms with Crippen molar-refractivity contribution in [3.63, 3.8) is 0 Å². The molecule has 4 aliphatic rings. The number of halogens is 12. The standard InChI is InChI=1S/C23H22F6N2O.C20H19F6N3O.C4H9NO2.CH4/c1-2-3-14-10-15(22(24,25)26)4-8-20(14)32-19-11-17-6-7-18(12-19)31(17)21-9-5-16(13-30-21)23(27,28)29;21-19(22,23)11-1-5-17(16(27)7-11)30-15-8-13-3-4-14(9-15)29(13)18-6-2-12(10-28-18)20(24,25)26;1-4(2,3)7-5-6;/h2,4-5,8-10,13,17-19H,1,3,6-7,11-12H2;1-2,5-7,10,13-15H,3-4,8-9,27H2;1-3H3;1H4/t17-,18+,19?;13-,14+,15?;;. The van der Waals surface area contributed by atoms with E-state index in [4.69, 9.17) is 15.2 Å². The Bertz CT molecular complexity index is 2340. The lowest BCUT2D eigenvalue weighted by molar-refractivity contribution is -0.138. The monoisotopic (exact) mass is 1010 g/mol. The topological polar surface area (TPSA) is 115 Å². The SMILES string of the molecule is C.C=CCc1cc(C(F)(F)F)ccc1OC1C[C@H]2CC[C@@H](C1)N2c1ccc(C(F)(F)F)cn1.CC(C)(C)ON=O.Nc1cc(C(F)(F)F)ccc1OC1C[C@H]2CC[C@@H](C1)N2c1ccc(C(F)(F)F)cn1. The summed E-state index contributed by atoms with van der Waals surface area (Å²) in [4.78, 5) is 25.8. The Morgan fingerprint density at radius 1 is 0.614 bits per heavy atom. The molecular weight excluding hydrogens is 953 g/mol. The molecule has 0 radical (unpaired) electrons. The maximum atomic E-state index is 13.1. The van der Waals surface area contributed by atoms with Gasteiger partial charge in [0.05, 0.1) is 27.9 Å². The fourth-order valence-electron chi connectivity index (χ4n) is 9.10. The zero-order valence-electron chi connectivity index (χ0n) is 37.5. The highest BCUT2D eigenvalue weighted by Gasteiger charge is 2.45. The number of fused-ring (bicyclic) bond motifs is 4. The van der Waals surface area contributed by atoms with Crippen LogP contribution in [0, 0.1) is 4.91 Å². The average molecular weight is 1010 g/mol. The van der Waals surface area contributed by atoms with Crippen LogP contribution < -0.4 is 25.0 Å². The van der Waals surface area contributed by atoms with Gasteiger partial charge in [-0.2, -0.15) is 52.7 Å². The van der Waals surface area contributed by atoms with Crippen molar-refractivity contribution in [3.05, 3.63) is 118 Å². The number of alkyl halides is 12. The fourth-order valence-corrected chi connectivity index (χ4v) is 9.10. The number of hydrogen-bond acceptors (Lipinski definition) is 10. The van der Waals surface area contributed by atoms with E-state index < -0.39 is 52.6 Å². The third-order valence-corrected chi connectivity index (χ3v) is 12.0. The zero-order valence-corrected chi connectivity index (χ0v) is 37.5. The van der Waals surface area contributed by atoms with E-state index in [9.17, 15) is 57.6 Å². The molecule has 2 N–H and O–H groups in total. The number of ether oxygens (including phenoxy) is 2. The molecule has 10 nitrogen and oxygen atoms in total. The lowest BCUT2D eigenvalue weighted by Crippen LogP contribution is -2.47. The molecule has 22 heteroatoms. The number of nitrogens with zero attached hydrogens (tertiary/aromatic N) is 5. The normalized spacial score (nSPS) is 22.1. The molecule has 0 amide bonds. The number of nitrogens with two attached hydrogens (primary N) is 1. The Labute approximate surface area is 397 Å². The number of nitrogen functional groups attached to an aromatic ring is 1. The molecule has 0 aliphatic carbocycles. The summed E-state index contributed by atoms with van der Waals surface area (Å²) in [5, 5.41) is 2.26. The van der Waals surface area contributed by atoms with Crippen LogP contribution in [0.15, 0.2) is 91.1 Å². The minimum atomic E-state index is -4.48. The molecular formula is C48H54F12N6O4. The number of hydrogen-bond donors (Lipinski definition) is 1. The van der Waals surface area contributed by atoms with Gasteiger partial charge in [0.1, 0.15) is 40.9 Å². The second kappa shape index (κ2) is 21.6. The summed E-state index contributed by atoms with van der Waals surface area (Å²) in [6.45, 7) is 8.89. The van der Waals surface area contributed by atoms with Gasteiger partial charge in [-0.25, -0.2) is 9.97 Å². The van der Waals surface area contributed by atoms with E-state index in [0.29, 0.717) is 48.6 Å². The van der Waals surface area contributed by atoms with Crippen LogP contribution in [-0.2, 0) is 36.0 Å². The first-order valence-corrected chi connectivity index (χ1v) is 21.9. The van der Waals surface area contributed by atoms with Crippen LogP contribution in [0.5, 0.6) is 11.5 Å². The number of rotatable bonds is 9. The summed E-state index contributed by atoms with van der Waals surface area (Å²) in [6, 6.07) is 11.5. The summed E-state index contributed by atoms with van der Waals surface area (Å²) < 4.78 is 166. The Morgan fingerprint density at radius 3 is 1.30 bits per heavy atom. The van der Waals surface area contributed by atoms with Crippen LogP contribution in [0.2, 0.25) is 0 Å². The van der Waals surface area contributed by atoms with E-state index in [0.717, 1.165) is 74.5 Å². The van der Waals surface area contributed by atoms with E-state index in [1.807, 2.05) is 4.90 Å². The van der Waals surface area contributed by atoms with Gasteiger partial charge in [0.2, 0.25) is 0 Å². The largest absolute Gasteiger partial charge is 0.490 e. The molecule has 2 unspecified atom stereocenters. The molecule has 4 saturated heterocycles. The number of aromatic nitrogens is 2. The smallest absolute Gasteiger partial charge is 0.417 e. The van der Waals surface area contributed by atoms with Gasteiger partial charge in [0.15, 0.2) is 5.34 Å². The minimum absolute atomic E-state index is 0. The quantitative estimate of drug-likeness (QED) is 0.0575. The number of anilines is 3. The zero-order chi connectivity index (χ0) is 50.7. The van der Waals surface area contributed by atoms with Gasteiger partial charge in [-0.05, 0) is 119 Å². The predicted molar refractivity (Wildman–Crippen MR) is 239 cm³/mol. The highest BCUT2D eigenvalue weighted by molar-refractivity contribution is 5.55. The summed E-state index contributed by atoms with van der Waals surface area (Å²) in [5.74, 6) is 1.60. The van der Waals surface area contributed by atoms with Gasteiger partial charge in [-0.3, -0.25) is 0 Å². The van der Waals surface area contributed by atoms with E-state index in [-0.39, 0.29) is 61.7 Å². The molecule has 4 fully saturated rings. The first-order valence-electron chi connectivity index (χ1n) is 21.9. The number of allylic oxidation sites excluding steroid dienone is 1. The number of pyridine rings is 2. The van der Waals surface area contributed by atoms with Crippen molar-refractivity contribution < 1.29 is 67.0 Å². The summed E-state index contributed by atoms with van der Waals surface area (Å²) in [5.41, 5.74) is 2.51. The van der Waals surface area contributed by atoms with Gasteiger partial charge in [-0.1, -0.05) is 13.5 Å². The van der Waals surface area contributed by atoms with E-state index >= 15 is 0 Å². The Hall–Kier alpha value is -5.96. The van der Waals surface area contributed by atoms with E-state index in [2.05, 4.69) is 31.6 Å². The molecule has 4 bridgehead atoms. The summed E-state index contributed by atoms with van der Waals surface area (Å²) in [7, 11) is 0. The van der Waals surface area contributed by atoms with Gasteiger partial charge < -0.3 is 29.8 Å². The van der Waals surface area contributed by atoms with Crippen molar-refractivity contribution in [2.24, 2.45) is 5.34 Å². The first-order chi connectivity index (χ1) is 32.1. The predicted octanol–water partition coefficient (Wildman–Crippen LogP) is 13.8. The van der Waals surface area contributed by atoms with Gasteiger partial charge in [0, 0.05) is 62.2 Å². The molecule has 2 aromatic carbocycles. The summed E-state index contributed by atoms with van der Waals surface area (Å²) in [6.07, 6.45) is -8.95. The lowest BCUT2D eigenvalue weighted by Gasteiger charge is -2.40. The van der Waals surface area contributed by atoms with E-state index in [1.54, 1.807) is 20.8 Å². The Balaban J connectivity index is 0.000000227. The van der Waals surface area contributed by atoms with Crippen molar-refractivity contribution in [2.45, 2.75) is 153 Å². The molecule has 6 heterocycles. The average Bonchev–Trinajstić information content (AvgIpc) is 3.68. The second-order valence-electron chi connectivity index (χ2n) is 18.2. The van der Waals surface area contributed by atoms with Gasteiger partial charge >= 0.3 is 24.7 Å². The van der Waals surface area contributed by atoms with Crippen molar-refractivity contribution in [3.8, 4) is 11.5 Å². The molecule has 8 rings (SSSR count). The fraction of sp³-hybridized carbons (Fsp3) is 0.500. The van der Waals surface area contributed by atoms with Crippen LogP contribution in [0.25, 0.3) is 0 Å². The molecule has 0 saturated carbocycles. The molecule has 70 heavy (non-hydrogen) atoms. The summed E-state index contributed by atoms with van der Waals surface area (Å²) >= 11 is 0. The van der Waals surface area contributed by atoms with Crippen molar-refractivity contribution >= 4 is 17.3 Å². The van der Waals surface area contributed by atoms with Crippen LogP contribution in [-0.4, -0.2) is 51.9 Å². The Kier molecular flexibility index (Phi) is 16.9. The molecule has 6 atom stereocenters. The number of benzene rings is 2. The van der Waals surface area contributed by atoms with Crippen LogP contribution >= 0.6 is 0 Å². The van der Waals surface area contributed by atoms with Crippen LogP contribution in [0.4, 0.5) is 70.0 Å². The third kappa shape index (κ3) is 13.9. The Morgan fingerprint density at radius 2 is 0.986 bits per heavy atom. The van der Waals surface area contributed by atoms with E-state index in [1.165, 1.54) is 30.3 Å². The minimum Gasteiger partial charge on any atom is -0.490 e. The number of piperidine rings is 2. The van der Waals surface area contributed by atoms with Crippen LogP contribution in [0.3, 0.4) is 0 Å². The van der Waals surface area contributed by atoms with Crippen molar-refractivity contribution in [1.82, 2.24) is 9.97 Å². The highest BCUT2D eigenvalue weighted by atomic mass is 19.4. The van der Waals surface area contributed by atoms with Gasteiger partial charge in [-0.15, -0.1) is 11.5 Å². The molecule has 0 spiro atoms. The maximum absolute atomic E-state index is 13.1. The van der Waals surface area contributed by atoms with Crippen molar-refractivity contribution in [2.75, 3.05) is 15.5 Å². The maximum Gasteiger partial charge on any atom is 0.417 e. The van der Waals surface area contributed by atoms with Gasteiger partial charge in [0.25, 0.3) is 0 Å². The highest BCUT2D eigenvalue weighted by Crippen LogP contribution is 2.44. The lowest BCUT2D eigenvalue weighted by atomic mass is 9.99. The van der Waals surface area contributed by atoms with Crippen molar-refractivity contribution in [1.29, 1.82) is 0 Å². The molecule has 4 aliphatic heterocycles. The third-order valence-electron chi connectivity index (χ3n) is 12.0. The first kappa shape index (κ1) is 55.0. The second-order valence-corrected chi connectivity index (χ2v) is 18.2.